The van der Waals surface area contributed by atoms with Gasteiger partial charge in [0.25, 0.3) is 0 Å². The van der Waals surface area contributed by atoms with Crippen molar-refractivity contribution >= 4 is 0 Å². The van der Waals surface area contributed by atoms with E-state index in [2.05, 4.69) is 14.9 Å². The molecule has 2 fully saturated rings. The van der Waals surface area contributed by atoms with Gasteiger partial charge >= 0.3 is 0 Å². The third-order valence-corrected chi connectivity index (χ3v) is 3.69. The highest BCUT2D eigenvalue weighted by Crippen LogP contribution is 2.28. The van der Waals surface area contributed by atoms with Crippen LogP contribution in [-0.2, 0) is 11.3 Å². The Morgan fingerprint density at radius 1 is 1.41 bits per heavy atom. The number of nitrogens with one attached hydrogen (secondary N) is 1. The van der Waals surface area contributed by atoms with Crippen molar-refractivity contribution in [3.05, 3.63) is 18.2 Å². The molecular formula is C13H21N3O. The first-order valence-electron chi connectivity index (χ1n) is 6.74. The Hall–Kier alpha value is -0.870. The molecule has 2 heterocycles. The highest BCUT2D eigenvalue weighted by molar-refractivity contribution is 5.07. The molecule has 17 heavy (non-hydrogen) atoms. The summed E-state index contributed by atoms with van der Waals surface area (Å²) in [5, 5.41) is 3.52. The lowest BCUT2D eigenvalue weighted by atomic mass is 10.2. The van der Waals surface area contributed by atoms with Crippen LogP contribution in [0, 0.1) is 5.92 Å². The average Bonchev–Trinajstić information content (AvgIpc) is 2.82. The molecule has 0 spiro atoms. The molecule has 0 aromatic carbocycles. The Kier molecular flexibility index (Phi) is 3.43. The molecule has 1 aliphatic carbocycles. The summed E-state index contributed by atoms with van der Waals surface area (Å²) in [7, 11) is 0. The predicted octanol–water partition coefficient (Wildman–Crippen LogP) is 1.73. The topological polar surface area (TPSA) is 39.1 Å². The Morgan fingerprint density at radius 2 is 2.35 bits per heavy atom. The molecule has 3 rings (SSSR count). The van der Waals surface area contributed by atoms with E-state index in [-0.39, 0.29) is 0 Å². The van der Waals surface area contributed by atoms with Crippen molar-refractivity contribution in [2.75, 3.05) is 19.8 Å². The summed E-state index contributed by atoms with van der Waals surface area (Å²) in [5.74, 6) is 0.855. The van der Waals surface area contributed by atoms with E-state index in [1.807, 2.05) is 12.5 Å². The first-order chi connectivity index (χ1) is 8.43. The van der Waals surface area contributed by atoms with Crippen molar-refractivity contribution in [3.63, 3.8) is 0 Å². The van der Waals surface area contributed by atoms with Crippen LogP contribution in [0.25, 0.3) is 0 Å². The Labute approximate surface area is 102 Å². The van der Waals surface area contributed by atoms with E-state index in [4.69, 9.17) is 4.74 Å². The van der Waals surface area contributed by atoms with Gasteiger partial charge in [-0.05, 0) is 38.1 Å². The van der Waals surface area contributed by atoms with Crippen LogP contribution in [0.3, 0.4) is 0 Å². The lowest BCUT2D eigenvalue weighted by Gasteiger charge is -2.13. The van der Waals surface area contributed by atoms with Gasteiger partial charge in [0.1, 0.15) is 0 Å². The van der Waals surface area contributed by atoms with E-state index >= 15 is 0 Å². The minimum absolute atomic E-state index is 0.501. The van der Waals surface area contributed by atoms with Crippen LogP contribution in [0.2, 0.25) is 0 Å². The largest absolute Gasteiger partial charge is 0.379 e. The second kappa shape index (κ2) is 5.19. The van der Waals surface area contributed by atoms with E-state index in [1.165, 1.54) is 31.4 Å². The zero-order valence-electron chi connectivity index (χ0n) is 10.3. The number of hydrogen-bond acceptors (Lipinski definition) is 3. The third kappa shape index (κ3) is 2.87. The highest BCUT2D eigenvalue weighted by atomic mass is 16.5. The van der Waals surface area contributed by atoms with Crippen LogP contribution < -0.4 is 5.32 Å². The number of nitrogens with zero attached hydrogens (tertiary/aromatic N) is 2. The molecule has 1 atom stereocenters. The van der Waals surface area contributed by atoms with Gasteiger partial charge in [-0.25, -0.2) is 4.98 Å². The van der Waals surface area contributed by atoms with Crippen LogP contribution in [-0.4, -0.2) is 29.3 Å². The molecule has 1 saturated carbocycles. The number of aromatic nitrogens is 2. The van der Waals surface area contributed by atoms with E-state index in [0.717, 1.165) is 32.2 Å². The van der Waals surface area contributed by atoms with E-state index in [0.29, 0.717) is 6.04 Å². The Morgan fingerprint density at radius 3 is 3.12 bits per heavy atom. The molecular weight excluding hydrogens is 214 g/mol. The molecule has 0 unspecified atom stereocenters. The Bertz CT molecular complexity index is 353. The molecule has 0 bridgehead atoms. The van der Waals surface area contributed by atoms with Crippen molar-refractivity contribution in [3.8, 4) is 0 Å². The fraction of sp³-hybridized carbons (Fsp3) is 0.769. The summed E-state index contributed by atoms with van der Waals surface area (Å²) >= 11 is 0. The van der Waals surface area contributed by atoms with Crippen molar-refractivity contribution in [2.45, 2.75) is 38.3 Å². The lowest BCUT2D eigenvalue weighted by molar-refractivity contribution is 0.116. The van der Waals surface area contributed by atoms with Gasteiger partial charge in [-0.3, -0.25) is 0 Å². The van der Waals surface area contributed by atoms with E-state index in [1.54, 1.807) is 0 Å². The molecule has 0 amide bonds. The van der Waals surface area contributed by atoms with Crippen LogP contribution in [0.5, 0.6) is 0 Å². The highest BCUT2D eigenvalue weighted by Gasteiger charge is 2.21. The second-order valence-corrected chi connectivity index (χ2v) is 5.18. The van der Waals surface area contributed by atoms with Crippen LogP contribution >= 0.6 is 0 Å². The fourth-order valence-electron chi connectivity index (χ4n) is 2.44. The molecule has 1 N–H and O–H groups in total. The number of hydrogen-bond donors (Lipinski definition) is 1. The summed E-state index contributed by atoms with van der Waals surface area (Å²) in [6.07, 6.45) is 9.15. The average molecular weight is 235 g/mol. The predicted molar refractivity (Wildman–Crippen MR) is 65.7 cm³/mol. The maximum Gasteiger partial charge on any atom is 0.0949 e. The smallest absolute Gasteiger partial charge is 0.0949 e. The SMILES string of the molecule is c1ncn(CCOCC2CC2)c1[C@@H]1CCCN1. The summed E-state index contributed by atoms with van der Waals surface area (Å²) in [4.78, 5) is 4.26. The Balaban J connectivity index is 1.49. The molecule has 1 aliphatic heterocycles. The molecule has 4 nitrogen and oxygen atoms in total. The number of rotatable bonds is 6. The van der Waals surface area contributed by atoms with Crippen molar-refractivity contribution in [1.82, 2.24) is 14.9 Å². The molecule has 1 saturated heterocycles. The molecule has 1 aromatic heterocycles. The maximum atomic E-state index is 5.68. The van der Waals surface area contributed by atoms with Gasteiger partial charge in [-0.2, -0.15) is 0 Å². The zero-order valence-corrected chi connectivity index (χ0v) is 10.3. The first kappa shape index (κ1) is 11.2. The molecule has 94 valence electrons. The summed E-state index contributed by atoms with van der Waals surface area (Å²) in [6, 6.07) is 0.501. The van der Waals surface area contributed by atoms with Gasteiger partial charge in [0, 0.05) is 25.4 Å². The van der Waals surface area contributed by atoms with Gasteiger partial charge in [-0.15, -0.1) is 0 Å². The minimum Gasteiger partial charge on any atom is -0.379 e. The van der Waals surface area contributed by atoms with Gasteiger partial charge in [0.2, 0.25) is 0 Å². The molecule has 2 aliphatic rings. The maximum absolute atomic E-state index is 5.68. The van der Waals surface area contributed by atoms with E-state index < -0.39 is 0 Å². The third-order valence-electron chi connectivity index (χ3n) is 3.69. The summed E-state index contributed by atoms with van der Waals surface area (Å²) < 4.78 is 7.91. The first-order valence-corrected chi connectivity index (χ1v) is 6.74. The van der Waals surface area contributed by atoms with Gasteiger partial charge in [0.15, 0.2) is 0 Å². The van der Waals surface area contributed by atoms with Crippen molar-refractivity contribution in [1.29, 1.82) is 0 Å². The van der Waals surface area contributed by atoms with Crippen LogP contribution in [0.15, 0.2) is 12.5 Å². The molecule has 1 aromatic rings. The minimum atomic E-state index is 0.501. The van der Waals surface area contributed by atoms with Crippen LogP contribution in [0.1, 0.15) is 37.4 Å². The lowest BCUT2D eigenvalue weighted by Crippen LogP contribution is -2.18. The fourth-order valence-corrected chi connectivity index (χ4v) is 2.44. The quantitative estimate of drug-likeness (QED) is 0.763. The van der Waals surface area contributed by atoms with Gasteiger partial charge in [0.05, 0.1) is 18.6 Å². The monoisotopic (exact) mass is 235 g/mol. The van der Waals surface area contributed by atoms with Crippen LogP contribution in [0.4, 0.5) is 0 Å². The normalized spacial score (nSPS) is 24.4. The zero-order chi connectivity index (χ0) is 11.5. The van der Waals surface area contributed by atoms with E-state index in [9.17, 15) is 0 Å². The number of imidazole rings is 1. The molecule has 4 heteroatoms. The summed E-state index contributed by atoms with van der Waals surface area (Å²) in [6.45, 7) is 3.83. The standard InChI is InChI=1S/C13H21N3O/c1-2-12(15-5-1)13-8-14-10-16(13)6-7-17-9-11-3-4-11/h8,10-12,15H,1-7,9H2/t12-/m0/s1. The molecule has 0 radical (unpaired) electrons. The van der Waals surface area contributed by atoms with Gasteiger partial charge < -0.3 is 14.6 Å². The number of ether oxygens (including phenoxy) is 1. The van der Waals surface area contributed by atoms with Crippen molar-refractivity contribution in [2.24, 2.45) is 5.92 Å². The van der Waals surface area contributed by atoms with Crippen molar-refractivity contribution < 1.29 is 4.74 Å². The summed E-state index contributed by atoms with van der Waals surface area (Å²) in [5.41, 5.74) is 1.32. The second-order valence-electron chi connectivity index (χ2n) is 5.18. The van der Waals surface area contributed by atoms with Gasteiger partial charge in [-0.1, -0.05) is 0 Å².